The molecule has 4 rings (SSSR count). The zero-order valence-corrected chi connectivity index (χ0v) is 22.9. The second-order valence-electron chi connectivity index (χ2n) is 10.9. The Morgan fingerprint density at radius 1 is 1.19 bits per heavy atom. The van der Waals surface area contributed by atoms with Crippen LogP contribution in [0.1, 0.15) is 72.6 Å². The standard InChI is InChI=1S/C27H37N3O6S/c1-5-21-23-22(15-27(16-28-24(23)31)11-13-35-14-12-27)30(29-21)17-26(3,4)18-36-25(32)19-7-9-20(10-8-19)37(33,34)6-2/h7-10H,5-6,11-18H2,1-4H3,(H,28,31). The van der Waals surface area contributed by atoms with E-state index in [0.717, 1.165) is 30.7 Å². The molecule has 0 aliphatic carbocycles. The first-order valence-electron chi connectivity index (χ1n) is 12.9. The molecule has 9 nitrogen and oxygen atoms in total. The Labute approximate surface area is 218 Å². The van der Waals surface area contributed by atoms with Crippen molar-refractivity contribution in [2.24, 2.45) is 10.8 Å². The molecular weight excluding hydrogens is 494 g/mol. The highest BCUT2D eigenvalue weighted by Gasteiger charge is 2.40. The molecule has 37 heavy (non-hydrogen) atoms. The first-order valence-corrected chi connectivity index (χ1v) is 14.6. The second-order valence-corrected chi connectivity index (χ2v) is 13.2. The molecule has 2 aliphatic heterocycles. The van der Waals surface area contributed by atoms with Crippen LogP contribution in [0.4, 0.5) is 0 Å². The molecule has 1 fully saturated rings. The maximum atomic E-state index is 13.1. The summed E-state index contributed by atoms with van der Waals surface area (Å²) < 4.78 is 37.2. The summed E-state index contributed by atoms with van der Waals surface area (Å²) in [6, 6.07) is 5.82. The first-order chi connectivity index (χ1) is 17.5. The number of rotatable bonds is 8. The number of benzene rings is 1. The number of carbonyl (C=O) groups is 2. The largest absolute Gasteiger partial charge is 0.461 e. The highest BCUT2D eigenvalue weighted by Crippen LogP contribution is 2.38. The van der Waals surface area contributed by atoms with E-state index in [1.165, 1.54) is 24.3 Å². The summed E-state index contributed by atoms with van der Waals surface area (Å²) >= 11 is 0. The van der Waals surface area contributed by atoms with Crippen LogP contribution in [0.5, 0.6) is 0 Å². The van der Waals surface area contributed by atoms with Crippen molar-refractivity contribution in [3.8, 4) is 0 Å². The van der Waals surface area contributed by atoms with Crippen LogP contribution in [0.3, 0.4) is 0 Å². The van der Waals surface area contributed by atoms with E-state index >= 15 is 0 Å². The van der Waals surface area contributed by atoms with Gasteiger partial charge in [0.2, 0.25) is 0 Å². The van der Waals surface area contributed by atoms with Crippen molar-refractivity contribution in [3.63, 3.8) is 0 Å². The smallest absolute Gasteiger partial charge is 0.338 e. The Bertz CT molecular complexity index is 1260. The van der Waals surface area contributed by atoms with Gasteiger partial charge in [0.05, 0.1) is 39.8 Å². The topological polar surface area (TPSA) is 117 Å². The van der Waals surface area contributed by atoms with Crippen molar-refractivity contribution >= 4 is 21.7 Å². The normalized spacial score (nSPS) is 17.7. The van der Waals surface area contributed by atoms with E-state index in [2.05, 4.69) is 5.32 Å². The van der Waals surface area contributed by atoms with Crippen molar-refractivity contribution < 1.29 is 27.5 Å². The molecule has 0 bridgehead atoms. The molecule has 2 aromatic rings. The third-order valence-electron chi connectivity index (χ3n) is 7.41. The van der Waals surface area contributed by atoms with E-state index in [1.54, 1.807) is 6.92 Å². The van der Waals surface area contributed by atoms with Gasteiger partial charge in [-0.15, -0.1) is 0 Å². The summed E-state index contributed by atoms with van der Waals surface area (Å²) in [7, 11) is -3.33. The first kappa shape index (κ1) is 27.3. The zero-order valence-electron chi connectivity index (χ0n) is 22.1. The number of hydrogen-bond donors (Lipinski definition) is 1. The molecule has 1 aromatic carbocycles. The van der Waals surface area contributed by atoms with Gasteiger partial charge in [-0.2, -0.15) is 5.10 Å². The minimum Gasteiger partial charge on any atom is -0.461 e. The number of sulfone groups is 1. The predicted octanol–water partition coefficient (Wildman–Crippen LogP) is 3.21. The predicted molar refractivity (Wildman–Crippen MR) is 138 cm³/mol. The lowest BCUT2D eigenvalue weighted by Gasteiger charge is -2.36. The molecule has 1 N–H and O–H groups in total. The molecule has 0 atom stereocenters. The number of ether oxygens (including phenoxy) is 2. The fraction of sp³-hybridized carbons (Fsp3) is 0.593. The van der Waals surface area contributed by atoms with Crippen molar-refractivity contribution in [1.82, 2.24) is 15.1 Å². The van der Waals surface area contributed by atoms with Gasteiger partial charge in [-0.1, -0.05) is 27.7 Å². The van der Waals surface area contributed by atoms with Gasteiger partial charge in [-0.3, -0.25) is 9.48 Å². The Hall–Kier alpha value is -2.72. The summed E-state index contributed by atoms with van der Waals surface area (Å²) in [6.07, 6.45) is 3.18. The molecule has 202 valence electrons. The summed E-state index contributed by atoms with van der Waals surface area (Å²) in [5, 5.41) is 7.95. The van der Waals surface area contributed by atoms with Crippen molar-refractivity contribution in [2.75, 3.05) is 32.1 Å². The summed E-state index contributed by atoms with van der Waals surface area (Å²) in [5.41, 5.74) is 2.20. The van der Waals surface area contributed by atoms with Crippen LogP contribution in [0.25, 0.3) is 0 Å². The number of nitrogens with zero attached hydrogens (tertiary/aromatic N) is 2. The maximum Gasteiger partial charge on any atom is 0.338 e. The second kappa shape index (κ2) is 10.6. The van der Waals surface area contributed by atoms with Crippen molar-refractivity contribution in [1.29, 1.82) is 0 Å². The quantitative estimate of drug-likeness (QED) is 0.520. The molecule has 10 heteroatoms. The van der Waals surface area contributed by atoms with E-state index in [0.29, 0.717) is 43.9 Å². The van der Waals surface area contributed by atoms with Crippen LogP contribution in [0.15, 0.2) is 29.2 Å². The van der Waals surface area contributed by atoms with E-state index in [9.17, 15) is 18.0 Å². The van der Waals surface area contributed by atoms with Gasteiger partial charge >= 0.3 is 5.97 Å². The molecule has 1 saturated heterocycles. The molecule has 3 heterocycles. The number of hydrogen-bond acceptors (Lipinski definition) is 7. The SMILES string of the molecule is CCc1nn(CC(C)(C)COC(=O)c2ccc(S(=O)(=O)CC)cc2)c2c1C(=O)NCC1(CCOCC1)C2. The van der Waals surface area contributed by atoms with Crippen molar-refractivity contribution in [2.45, 2.75) is 64.8 Å². The van der Waals surface area contributed by atoms with Gasteiger partial charge in [0.25, 0.3) is 5.91 Å². The van der Waals surface area contributed by atoms with Crippen LogP contribution in [-0.2, 0) is 38.7 Å². The molecule has 1 amide bonds. The summed E-state index contributed by atoms with van der Waals surface area (Å²) in [4.78, 5) is 25.9. The lowest BCUT2D eigenvalue weighted by Crippen LogP contribution is -2.41. The molecular formula is C27H37N3O6S. The fourth-order valence-corrected chi connectivity index (χ4v) is 5.95. The van der Waals surface area contributed by atoms with E-state index in [1.807, 2.05) is 25.5 Å². The van der Waals surface area contributed by atoms with Crippen molar-refractivity contribution in [3.05, 3.63) is 46.8 Å². The third-order valence-corrected chi connectivity index (χ3v) is 9.16. The minimum atomic E-state index is -3.33. The van der Waals surface area contributed by atoms with Crippen LogP contribution >= 0.6 is 0 Å². The van der Waals surface area contributed by atoms with Gasteiger partial charge in [0.15, 0.2) is 9.84 Å². The monoisotopic (exact) mass is 531 g/mol. The number of aromatic nitrogens is 2. The average Bonchev–Trinajstić information content (AvgIpc) is 3.15. The van der Waals surface area contributed by atoms with Crippen LogP contribution in [0, 0.1) is 10.8 Å². The Kier molecular flexibility index (Phi) is 7.80. The van der Waals surface area contributed by atoms with Gasteiger partial charge < -0.3 is 14.8 Å². The lowest BCUT2D eigenvalue weighted by molar-refractivity contribution is 0.0145. The van der Waals surface area contributed by atoms with Gasteiger partial charge in [-0.05, 0) is 55.4 Å². The van der Waals surface area contributed by atoms with Gasteiger partial charge in [0, 0.05) is 31.7 Å². The van der Waals surface area contributed by atoms with Crippen LogP contribution in [-0.4, -0.2) is 62.2 Å². The van der Waals surface area contributed by atoms with Crippen LogP contribution < -0.4 is 5.32 Å². The number of carbonyl (C=O) groups excluding carboxylic acids is 2. The van der Waals surface area contributed by atoms with Crippen LogP contribution in [0.2, 0.25) is 0 Å². The number of amides is 1. The Balaban J connectivity index is 1.50. The van der Waals surface area contributed by atoms with Gasteiger partial charge in [0.1, 0.15) is 0 Å². The summed E-state index contributed by atoms with van der Waals surface area (Å²) in [6.45, 7) is 10.2. The molecule has 0 saturated carbocycles. The average molecular weight is 532 g/mol. The minimum absolute atomic E-state index is 0.00157. The number of esters is 1. The van der Waals surface area contributed by atoms with E-state index in [4.69, 9.17) is 14.6 Å². The number of fused-ring (bicyclic) bond motifs is 1. The molecule has 2 aliphatic rings. The molecule has 1 aromatic heterocycles. The fourth-order valence-electron chi connectivity index (χ4n) is 5.06. The zero-order chi connectivity index (χ0) is 26.8. The lowest BCUT2D eigenvalue weighted by atomic mass is 9.76. The molecule has 1 spiro atoms. The number of nitrogens with one attached hydrogen (secondary N) is 1. The number of aryl methyl sites for hydroxylation is 1. The molecule has 0 radical (unpaired) electrons. The Morgan fingerprint density at radius 3 is 2.49 bits per heavy atom. The maximum absolute atomic E-state index is 13.1. The third kappa shape index (κ3) is 5.90. The van der Waals surface area contributed by atoms with E-state index in [-0.39, 0.29) is 28.6 Å². The van der Waals surface area contributed by atoms with E-state index < -0.39 is 21.2 Å². The highest BCUT2D eigenvalue weighted by molar-refractivity contribution is 7.91. The molecule has 0 unspecified atom stereocenters. The van der Waals surface area contributed by atoms with Gasteiger partial charge in [-0.25, -0.2) is 13.2 Å². The Morgan fingerprint density at radius 2 is 1.86 bits per heavy atom. The summed E-state index contributed by atoms with van der Waals surface area (Å²) in [5.74, 6) is -0.583. The highest BCUT2D eigenvalue weighted by atomic mass is 32.2.